The van der Waals surface area contributed by atoms with Gasteiger partial charge in [0.2, 0.25) is 0 Å². The maximum atomic E-state index is 4.87. The van der Waals surface area contributed by atoms with Gasteiger partial charge in [-0.3, -0.25) is 4.57 Å². The molecule has 0 radical (unpaired) electrons. The molecule has 0 saturated carbocycles. The molecule has 2 aromatic carbocycles. The van der Waals surface area contributed by atoms with Gasteiger partial charge >= 0.3 is 0 Å². The van der Waals surface area contributed by atoms with E-state index < -0.39 is 0 Å². The van der Waals surface area contributed by atoms with Crippen LogP contribution >= 0.6 is 11.3 Å². The molecule has 5 rings (SSSR count). The molecule has 0 spiro atoms. The van der Waals surface area contributed by atoms with E-state index in [0.717, 1.165) is 22.9 Å². The standard InChI is InChI=1S/C21H16N4S/c1-2-6-16(7-3-1)19-14-26-21(23-19)25-13-17(12-24-11-10-22-15-24)18-8-4-5-9-20(18)25/h1-11,13-15H,12H2. The predicted molar refractivity (Wildman–Crippen MR) is 106 cm³/mol. The predicted octanol–water partition coefficient (Wildman–Crippen LogP) is 5.00. The van der Waals surface area contributed by atoms with Crippen LogP contribution in [0, 0.1) is 0 Å². The van der Waals surface area contributed by atoms with Crippen LogP contribution in [0.15, 0.2) is 84.9 Å². The summed E-state index contributed by atoms with van der Waals surface area (Å²) in [5.41, 5.74) is 4.59. The Kier molecular flexibility index (Phi) is 3.65. The lowest BCUT2D eigenvalue weighted by Crippen LogP contribution is -1.95. The van der Waals surface area contributed by atoms with E-state index in [-0.39, 0.29) is 0 Å². The zero-order chi connectivity index (χ0) is 17.3. The van der Waals surface area contributed by atoms with E-state index in [9.17, 15) is 0 Å². The van der Waals surface area contributed by atoms with Crippen LogP contribution in [-0.4, -0.2) is 19.1 Å². The van der Waals surface area contributed by atoms with E-state index in [2.05, 4.69) is 62.1 Å². The maximum absolute atomic E-state index is 4.87. The van der Waals surface area contributed by atoms with E-state index in [1.807, 2.05) is 36.9 Å². The number of imidazole rings is 1. The topological polar surface area (TPSA) is 35.6 Å². The Morgan fingerprint density at radius 1 is 0.962 bits per heavy atom. The highest BCUT2D eigenvalue weighted by Crippen LogP contribution is 2.29. The van der Waals surface area contributed by atoms with Gasteiger partial charge in [-0.05, 0) is 11.6 Å². The van der Waals surface area contributed by atoms with Gasteiger partial charge in [0.05, 0.1) is 24.1 Å². The molecule has 3 aromatic heterocycles. The molecule has 0 atom stereocenters. The first-order valence-electron chi connectivity index (χ1n) is 8.44. The molecule has 0 saturated heterocycles. The molecule has 26 heavy (non-hydrogen) atoms. The van der Waals surface area contributed by atoms with Crippen molar-refractivity contribution in [1.82, 2.24) is 19.1 Å². The third-order valence-corrected chi connectivity index (χ3v) is 5.31. The smallest absolute Gasteiger partial charge is 0.194 e. The lowest BCUT2D eigenvalue weighted by molar-refractivity contribution is 0.800. The third kappa shape index (κ3) is 2.62. The van der Waals surface area contributed by atoms with Crippen molar-refractivity contribution in [2.24, 2.45) is 0 Å². The highest BCUT2D eigenvalue weighted by Gasteiger charge is 2.13. The average Bonchev–Trinajstić information content (AvgIpc) is 3.43. The van der Waals surface area contributed by atoms with Gasteiger partial charge in [0.15, 0.2) is 5.13 Å². The molecule has 0 unspecified atom stereocenters. The van der Waals surface area contributed by atoms with Crippen molar-refractivity contribution in [2.45, 2.75) is 6.54 Å². The molecular weight excluding hydrogens is 340 g/mol. The van der Waals surface area contributed by atoms with Crippen LogP contribution in [0.25, 0.3) is 27.3 Å². The van der Waals surface area contributed by atoms with Gasteiger partial charge in [-0.15, -0.1) is 11.3 Å². The molecule has 0 aliphatic heterocycles. The quantitative estimate of drug-likeness (QED) is 0.454. The molecule has 3 heterocycles. The normalized spacial score (nSPS) is 11.2. The summed E-state index contributed by atoms with van der Waals surface area (Å²) >= 11 is 1.67. The molecule has 4 nitrogen and oxygen atoms in total. The number of nitrogens with zero attached hydrogens (tertiary/aromatic N) is 4. The Morgan fingerprint density at radius 3 is 2.65 bits per heavy atom. The average molecular weight is 356 g/mol. The summed E-state index contributed by atoms with van der Waals surface area (Å²) in [7, 11) is 0. The number of hydrogen-bond acceptors (Lipinski definition) is 3. The van der Waals surface area contributed by atoms with Gasteiger partial charge in [0.25, 0.3) is 0 Å². The number of para-hydroxylation sites is 1. The van der Waals surface area contributed by atoms with Gasteiger partial charge in [0, 0.05) is 34.9 Å². The van der Waals surface area contributed by atoms with Crippen molar-refractivity contribution in [3.8, 4) is 16.4 Å². The van der Waals surface area contributed by atoms with Crippen LogP contribution in [-0.2, 0) is 6.54 Å². The number of hydrogen-bond donors (Lipinski definition) is 0. The molecule has 0 aliphatic carbocycles. The van der Waals surface area contributed by atoms with Crippen LogP contribution < -0.4 is 0 Å². The Bertz CT molecular complexity index is 1150. The molecule has 5 aromatic rings. The summed E-state index contributed by atoms with van der Waals surface area (Å²) in [6, 6.07) is 18.8. The van der Waals surface area contributed by atoms with Crippen molar-refractivity contribution in [1.29, 1.82) is 0 Å². The van der Waals surface area contributed by atoms with Crippen molar-refractivity contribution >= 4 is 22.2 Å². The van der Waals surface area contributed by atoms with Gasteiger partial charge in [-0.1, -0.05) is 48.5 Å². The Labute approximate surface area is 155 Å². The molecule has 0 bridgehead atoms. The van der Waals surface area contributed by atoms with Crippen molar-refractivity contribution in [3.05, 3.63) is 90.5 Å². The number of aromatic nitrogens is 4. The summed E-state index contributed by atoms with van der Waals surface area (Å²) in [6.07, 6.45) is 7.84. The minimum atomic E-state index is 0.796. The first kappa shape index (κ1) is 15.1. The van der Waals surface area contributed by atoms with Crippen molar-refractivity contribution in [2.75, 3.05) is 0 Å². The molecular formula is C21H16N4S. The molecule has 5 heteroatoms. The summed E-state index contributed by atoms with van der Waals surface area (Å²) in [4.78, 5) is 9.02. The second kappa shape index (κ2) is 6.28. The highest BCUT2D eigenvalue weighted by molar-refractivity contribution is 7.12. The largest absolute Gasteiger partial charge is 0.333 e. The second-order valence-corrected chi connectivity index (χ2v) is 6.99. The Hall–Kier alpha value is -3.18. The minimum Gasteiger partial charge on any atom is -0.333 e. The molecule has 0 aliphatic rings. The van der Waals surface area contributed by atoms with E-state index in [4.69, 9.17) is 4.98 Å². The fourth-order valence-corrected chi connectivity index (χ4v) is 4.05. The summed E-state index contributed by atoms with van der Waals surface area (Å²) in [5.74, 6) is 0. The number of benzene rings is 2. The highest BCUT2D eigenvalue weighted by atomic mass is 32.1. The van der Waals surface area contributed by atoms with Gasteiger partial charge in [-0.25, -0.2) is 9.97 Å². The van der Waals surface area contributed by atoms with Gasteiger partial charge in [-0.2, -0.15) is 0 Å². The zero-order valence-electron chi connectivity index (χ0n) is 14.0. The van der Waals surface area contributed by atoms with Crippen molar-refractivity contribution in [3.63, 3.8) is 0 Å². The molecule has 0 fully saturated rings. The van der Waals surface area contributed by atoms with E-state index in [1.165, 1.54) is 16.5 Å². The number of rotatable bonds is 4. The summed E-state index contributed by atoms with van der Waals surface area (Å²) < 4.78 is 4.28. The number of thiazole rings is 1. The van der Waals surface area contributed by atoms with Crippen LogP contribution in [0.5, 0.6) is 0 Å². The monoisotopic (exact) mass is 356 g/mol. The number of fused-ring (bicyclic) bond motifs is 1. The lowest BCUT2D eigenvalue weighted by atomic mass is 10.2. The fourth-order valence-electron chi connectivity index (χ4n) is 3.23. The first-order valence-corrected chi connectivity index (χ1v) is 9.32. The van der Waals surface area contributed by atoms with E-state index >= 15 is 0 Å². The van der Waals surface area contributed by atoms with E-state index in [1.54, 1.807) is 11.3 Å². The molecule has 0 N–H and O–H groups in total. The third-order valence-electron chi connectivity index (χ3n) is 4.47. The van der Waals surface area contributed by atoms with Crippen LogP contribution in [0.4, 0.5) is 0 Å². The Balaban J connectivity index is 1.60. The van der Waals surface area contributed by atoms with Crippen LogP contribution in [0.2, 0.25) is 0 Å². The van der Waals surface area contributed by atoms with Crippen LogP contribution in [0.1, 0.15) is 5.56 Å². The fraction of sp³-hybridized carbons (Fsp3) is 0.0476. The SMILES string of the molecule is c1ccc(-c2csc(-n3cc(Cn4ccnc4)c4ccccc43)n2)cc1. The molecule has 126 valence electrons. The second-order valence-electron chi connectivity index (χ2n) is 6.16. The lowest BCUT2D eigenvalue weighted by Gasteiger charge is -2.00. The van der Waals surface area contributed by atoms with Gasteiger partial charge < -0.3 is 4.57 Å². The zero-order valence-corrected chi connectivity index (χ0v) is 14.8. The Morgan fingerprint density at radius 2 is 1.81 bits per heavy atom. The first-order chi connectivity index (χ1) is 12.9. The molecule has 0 amide bonds. The van der Waals surface area contributed by atoms with Gasteiger partial charge in [0.1, 0.15) is 0 Å². The summed E-state index contributed by atoms with van der Waals surface area (Å²) in [6.45, 7) is 0.796. The van der Waals surface area contributed by atoms with Crippen molar-refractivity contribution < 1.29 is 0 Å². The maximum Gasteiger partial charge on any atom is 0.194 e. The summed E-state index contributed by atoms with van der Waals surface area (Å²) in [5, 5.41) is 4.35. The van der Waals surface area contributed by atoms with E-state index in [0.29, 0.717) is 0 Å². The minimum absolute atomic E-state index is 0.796. The van der Waals surface area contributed by atoms with Crippen LogP contribution in [0.3, 0.4) is 0 Å².